The Balaban J connectivity index is 1.59. The number of rotatable bonds is 4. The van der Waals surface area contributed by atoms with Crippen molar-refractivity contribution >= 4 is 5.91 Å². The summed E-state index contributed by atoms with van der Waals surface area (Å²) in [6.45, 7) is 2.29. The third kappa shape index (κ3) is 3.47. The van der Waals surface area contributed by atoms with Gasteiger partial charge in [-0.25, -0.2) is 0 Å². The van der Waals surface area contributed by atoms with Gasteiger partial charge in [-0.3, -0.25) is 9.78 Å². The molecule has 2 heterocycles. The molecule has 7 nitrogen and oxygen atoms in total. The van der Waals surface area contributed by atoms with E-state index in [-0.39, 0.29) is 18.5 Å². The molecule has 1 N–H and O–H groups in total. The minimum atomic E-state index is -0.0612. The lowest BCUT2D eigenvalue weighted by Gasteiger charge is -2.29. The first kappa shape index (κ1) is 14.6. The van der Waals surface area contributed by atoms with E-state index in [1.807, 2.05) is 12.1 Å². The highest BCUT2D eigenvalue weighted by atomic mass is 16.2. The fraction of sp³-hybridized carbons (Fsp3) is 0.533. The van der Waals surface area contributed by atoms with Crippen LogP contribution in [-0.4, -0.2) is 37.1 Å². The summed E-state index contributed by atoms with van der Waals surface area (Å²) in [7, 11) is 0. The molecule has 116 valence electrons. The molecule has 0 radical (unpaired) electrons. The molecule has 0 saturated heterocycles. The number of carbonyl (C=O) groups excluding carboxylic acids is 1. The van der Waals surface area contributed by atoms with Crippen molar-refractivity contribution in [1.82, 2.24) is 30.5 Å². The Morgan fingerprint density at radius 2 is 2.27 bits per heavy atom. The van der Waals surface area contributed by atoms with E-state index in [9.17, 15) is 4.79 Å². The third-order valence-corrected chi connectivity index (χ3v) is 4.12. The molecule has 2 aromatic rings. The maximum Gasteiger partial charge on any atom is 0.243 e. The molecule has 0 spiro atoms. The minimum absolute atomic E-state index is 0.0612. The maximum absolute atomic E-state index is 12.1. The Morgan fingerprint density at radius 3 is 3.05 bits per heavy atom. The van der Waals surface area contributed by atoms with Gasteiger partial charge in [0.15, 0.2) is 0 Å². The highest BCUT2D eigenvalue weighted by molar-refractivity contribution is 5.75. The quantitative estimate of drug-likeness (QED) is 0.923. The van der Waals surface area contributed by atoms with Crippen LogP contribution in [0.4, 0.5) is 0 Å². The highest BCUT2D eigenvalue weighted by Crippen LogP contribution is 2.23. The highest BCUT2D eigenvalue weighted by Gasteiger charge is 2.23. The summed E-state index contributed by atoms with van der Waals surface area (Å²) >= 11 is 0. The van der Waals surface area contributed by atoms with Crippen molar-refractivity contribution < 1.29 is 4.79 Å². The molecule has 2 atom stereocenters. The van der Waals surface area contributed by atoms with Crippen LogP contribution >= 0.6 is 0 Å². The molecule has 1 fully saturated rings. The number of nitrogens with one attached hydrogen (secondary N) is 1. The van der Waals surface area contributed by atoms with Crippen LogP contribution in [-0.2, 0) is 11.3 Å². The average Bonchev–Trinajstić information content (AvgIpc) is 2.99. The number of amides is 1. The molecule has 2 aromatic heterocycles. The topological polar surface area (TPSA) is 85.6 Å². The Kier molecular flexibility index (Phi) is 4.41. The van der Waals surface area contributed by atoms with Crippen molar-refractivity contribution in [2.45, 2.75) is 45.2 Å². The molecule has 0 aromatic carbocycles. The largest absolute Gasteiger partial charge is 0.351 e. The Hall–Kier alpha value is -2.31. The third-order valence-electron chi connectivity index (χ3n) is 4.12. The number of tetrazole rings is 1. The van der Waals surface area contributed by atoms with Crippen molar-refractivity contribution in [2.75, 3.05) is 0 Å². The van der Waals surface area contributed by atoms with E-state index in [1.54, 1.807) is 12.4 Å². The van der Waals surface area contributed by atoms with E-state index in [4.69, 9.17) is 0 Å². The number of pyridine rings is 1. The molecule has 1 aliphatic rings. The number of hydrogen-bond donors (Lipinski definition) is 1. The van der Waals surface area contributed by atoms with Gasteiger partial charge in [0.05, 0.1) is 0 Å². The van der Waals surface area contributed by atoms with Gasteiger partial charge in [0.1, 0.15) is 6.54 Å². The molecule has 1 amide bonds. The van der Waals surface area contributed by atoms with Gasteiger partial charge in [0.2, 0.25) is 11.7 Å². The second-order valence-corrected chi connectivity index (χ2v) is 5.82. The number of carbonyl (C=O) groups is 1. The van der Waals surface area contributed by atoms with Gasteiger partial charge < -0.3 is 5.32 Å². The normalized spacial score (nSPS) is 21.5. The van der Waals surface area contributed by atoms with E-state index >= 15 is 0 Å². The molecular weight excluding hydrogens is 280 g/mol. The van der Waals surface area contributed by atoms with E-state index in [0.717, 1.165) is 12.0 Å². The van der Waals surface area contributed by atoms with Gasteiger partial charge >= 0.3 is 0 Å². The van der Waals surface area contributed by atoms with Gasteiger partial charge in [-0.15, -0.1) is 10.2 Å². The van der Waals surface area contributed by atoms with Crippen LogP contribution < -0.4 is 5.32 Å². The second kappa shape index (κ2) is 6.64. The Labute approximate surface area is 129 Å². The molecule has 1 saturated carbocycles. The predicted octanol–water partition coefficient (Wildman–Crippen LogP) is 1.43. The van der Waals surface area contributed by atoms with Gasteiger partial charge in [0, 0.05) is 24.0 Å². The zero-order valence-corrected chi connectivity index (χ0v) is 12.6. The van der Waals surface area contributed by atoms with Gasteiger partial charge in [0.25, 0.3) is 0 Å². The van der Waals surface area contributed by atoms with Gasteiger partial charge in [-0.1, -0.05) is 19.8 Å². The predicted molar refractivity (Wildman–Crippen MR) is 80.6 cm³/mol. The first-order valence-electron chi connectivity index (χ1n) is 7.70. The maximum atomic E-state index is 12.1. The minimum Gasteiger partial charge on any atom is -0.351 e. The summed E-state index contributed by atoms with van der Waals surface area (Å²) in [5.74, 6) is 0.952. The summed E-state index contributed by atoms with van der Waals surface area (Å²) in [4.78, 5) is 17.5. The van der Waals surface area contributed by atoms with Crippen LogP contribution in [0.25, 0.3) is 11.4 Å². The SMILES string of the molecule is C[C@@H]1CCCC[C@H]1NC(=O)Cn1nnc(-c2cccnc2)n1. The van der Waals surface area contributed by atoms with Crippen molar-refractivity contribution in [2.24, 2.45) is 5.92 Å². The lowest BCUT2D eigenvalue weighted by molar-refractivity contribution is -0.123. The van der Waals surface area contributed by atoms with E-state index < -0.39 is 0 Å². The summed E-state index contributed by atoms with van der Waals surface area (Å²) < 4.78 is 0. The van der Waals surface area contributed by atoms with Crippen LogP contribution in [0.15, 0.2) is 24.5 Å². The van der Waals surface area contributed by atoms with Crippen LogP contribution in [0.3, 0.4) is 0 Å². The summed E-state index contributed by atoms with van der Waals surface area (Å²) in [5.41, 5.74) is 0.787. The fourth-order valence-electron chi connectivity index (χ4n) is 2.83. The van der Waals surface area contributed by atoms with Crippen molar-refractivity contribution in [3.63, 3.8) is 0 Å². The molecule has 0 bridgehead atoms. The lowest BCUT2D eigenvalue weighted by Crippen LogP contribution is -2.42. The van der Waals surface area contributed by atoms with E-state index in [1.165, 1.54) is 24.1 Å². The van der Waals surface area contributed by atoms with Crippen LogP contribution in [0, 0.1) is 5.92 Å². The zero-order chi connectivity index (χ0) is 15.4. The molecule has 7 heteroatoms. The first-order chi connectivity index (χ1) is 10.7. The van der Waals surface area contributed by atoms with Crippen molar-refractivity contribution in [1.29, 1.82) is 0 Å². The average molecular weight is 300 g/mol. The number of hydrogen-bond acceptors (Lipinski definition) is 5. The molecule has 0 aliphatic heterocycles. The van der Waals surface area contributed by atoms with Gasteiger partial charge in [-0.2, -0.15) is 4.80 Å². The summed E-state index contributed by atoms with van der Waals surface area (Å²) in [6, 6.07) is 3.94. The smallest absolute Gasteiger partial charge is 0.243 e. The Morgan fingerprint density at radius 1 is 1.41 bits per heavy atom. The molecule has 1 aliphatic carbocycles. The molecule has 22 heavy (non-hydrogen) atoms. The number of aromatic nitrogens is 5. The zero-order valence-electron chi connectivity index (χ0n) is 12.6. The second-order valence-electron chi connectivity index (χ2n) is 5.82. The lowest BCUT2D eigenvalue weighted by atomic mass is 9.86. The van der Waals surface area contributed by atoms with Gasteiger partial charge in [-0.05, 0) is 36.1 Å². The van der Waals surface area contributed by atoms with Crippen LogP contribution in [0.2, 0.25) is 0 Å². The molecule has 3 rings (SSSR count). The van der Waals surface area contributed by atoms with E-state index in [2.05, 4.69) is 32.6 Å². The molecular formula is C15H20N6O. The standard InChI is InChI=1S/C15H20N6O/c1-11-5-2-3-7-13(11)17-14(22)10-21-19-15(18-20-21)12-6-4-8-16-9-12/h4,6,8-9,11,13H,2-3,5,7,10H2,1H3,(H,17,22)/t11-,13-/m1/s1. The summed E-state index contributed by atoms with van der Waals surface area (Å²) in [6.07, 6.45) is 8.03. The monoisotopic (exact) mass is 300 g/mol. The molecule has 0 unspecified atom stereocenters. The van der Waals surface area contributed by atoms with Crippen molar-refractivity contribution in [3.8, 4) is 11.4 Å². The van der Waals surface area contributed by atoms with Crippen LogP contribution in [0.1, 0.15) is 32.6 Å². The van der Waals surface area contributed by atoms with Crippen LogP contribution in [0.5, 0.6) is 0 Å². The summed E-state index contributed by atoms with van der Waals surface area (Å²) in [5, 5.41) is 15.2. The number of nitrogens with zero attached hydrogens (tertiary/aromatic N) is 5. The Bertz CT molecular complexity index is 626. The fourth-order valence-corrected chi connectivity index (χ4v) is 2.83. The van der Waals surface area contributed by atoms with E-state index in [0.29, 0.717) is 11.7 Å². The first-order valence-corrected chi connectivity index (χ1v) is 7.70. The van der Waals surface area contributed by atoms with Crippen molar-refractivity contribution in [3.05, 3.63) is 24.5 Å².